The zero-order valence-electron chi connectivity index (χ0n) is 55.2. The van der Waals surface area contributed by atoms with E-state index in [-0.39, 0.29) is 50.6 Å². The summed E-state index contributed by atoms with van der Waals surface area (Å²) in [5.74, 6) is -1.80. The molecule has 0 heterocycles. The molecular weight excluding hydrogens is 997 g/mol. The summed E-state index contributed by atoms with van der Waals surface area (Å²) in [6.45, 7) is 18.5. The van der Waals surface area contributed by atoms with E-state index in [1.807, 2.05) is 0 Å². The summed E-state index contributed by atoms with van der Waals surface area (Å²) >= 11 is 0. The van der Waals surface area contributed by atoms with Crippen molar-refractivity contribution >= 4 is 49.7 Å². The van der Waals surface area contributed by atoms with E-state index in [0.717, 1.165) is 25.7 Å². The largest absolute Gasteiger partial charge is 2.00 e. The predicted octanol–water partition coefficient (Wildman–Crippen LogP) is 21.2. The summed E-state index contributed by atoms with van der Waals surface area (Å²) in [6, 6.07) is 0.970. The Hall–Kier alpha value is 0.120. The van der Waals surface area contributed by atoms with Crippen molar-refractivity contribution in [3.8, 4) is 0 Å². The van der Waals surface area contributed by atoms with Gasteiger partial charge in [-0.05, 0) is 104 Å². The Labute approximate surface area is 527 Å². The minimum Gasteiger partial charge on any atom is -0.550 e. The van der Waals surface area contributed by atoms with Crippen LogP contribution in [0.4, 0.5) is 0 Å². The molecule has 0 amide bonds. The standard InChI is InChI=1S/2C36H73NO2.Ca/c2*1-4-6-8-10-12-14-16-18-20-22-24-26-28-33-37(35(3)31-30-32-36(38)39)34-29-27-25-23-21-19-17-15-13-11-9-7-5-2;/h2*35H,4-34H2,1-3H3,(H,38,39);/q;;+2/p-2. The van der Waals surface area contributed by atoms with Crippen LogP contribution in [0, 0.1) is 0 Å². The number of aliphatic carboxylic acids is 2. The molecule has 0 aliphatic carbocycles. The molecule has 0 radical (unpaired) electrons. The molecule has 79 heavy (non-hydrogen) atoms. The van der Waals surface area contributed by atoms with E-state index >= 15 is 0 Å². The minimum atomic E-state index is -0.901. The molecule has 0 aromatic heterocycles. The number of nitrogens with zero attached hydrogens (tertiary/aromatic N) is 2. The molecule has 0 bridgehead atoms. The molecule has 0 N–H and O–H groups in total. The second-order valence-electron chi connectivity index (χ2n) is 25.3. The van der Waals surface area contributed by atoms with Crippen molar-refractivity contribution in [1.82, 2.24) is 9.80 Å². The molecule has 0 saturated heterocycles. The normalized spacial score (nSPS) is 12.3. The van der Waals surface area contributed by atoms with Gasteiger partial charge in [0.1, 0.15) is 0 Å². The SMILES string of the molecule is CCCCCCCCCCCCCCCN(CCCCCCCCCCCCCCC)C(C)CCCC(=O)[O-].CCCCCCCCCCCCCCCN(CCCCCCCCCCCCCCC)C(C)CCCC(=O)[O-].[Ca+2]. The molecule has 0 aliphatic rings. The fraction of sp³-hybridized carbons (Fsp3) is 0.972. The van der Waals surface area contributed by atoms with Gasteiger partial charge < -0.3 is 29.6 Å². The van der Waals surface area contributed by atoms with Crippen LogP contribution >= 0.6 is 0 Å². The topological polar surface area (TPSA) is 86.7 Å². The van der Waals surface area contributed by atoms with Crippen molar-refractivity contribution < 1.29 is 19.8 Å². The zero-order valence-corrected chi connectivity index (χ0v) is 57.4. The Kier molecular flexibility index (Phi) is 76.3. The fourth-order valence-electron chi connectivity index (χ4n) is 11.9. The molecule has 0 aromatic rings. The quantitative estimate of drug-likeness (QED) is 0.0445. The molecule has 0 saturated carbocycles. The smallest absolute Gasteiger partial charge is 0.550 e. The van der Waals surface area contributed by atoms with Crippen molar-refractivity contribution in [1.29, 1.82) is 0 Å². The molecule has 0 aliphatic heterocycles. The predicted molar refractivity (Wildman–Crippen MR) is 348 cm³/mol. The summed E-state index contributed by atoms with van der Waals surface area (Å²) in [4.78, 5) is 27.0. The summed E-state index contributed by atoms with van der Waals surface area (Å²) in [5.41, 5.74) is 0. The molecular formula is C72H144CaN2O4. The minimum absolute atomic E-state index is 0. The Morgan fingerprint density at radius 3 is 0.532 bits per heavy atom. The third kappa shape index (κ3) is 70.5. The van der Waals surface area contributed by atoms with Crippen LogP contribution in [-0.4, -0.2) is 97.7 Å². The van der Waals surface area contributed by atoms with Gasteiger partial charge in [0.15, 0.2) is 0 Å². The molecule has 0 fully saturated rings. The Balaban J connectivity index is -0.00000144. The average Bonchev–Trinajstić information content (AvgIpc) is 3.42. The first-order valence-corrected chi connectivity index (χ1v) is 36.1. The second-order valence-corrected chi connectivity index (χ2v) is 25.3. The monoisotopic (exact) mass is 1140 g/mol. The van der Waals surface area contributed by atoms with Crippen LogP contribution in [0.5, 0.6) is 0 Å². The van der Waals surface area contributed by atoms with Crippen LogP contribution in [0.2, 0.25) is 0 Å². The van der Waals surface area contributed by atoms with E-state index < -0.39 is 11.9 Å². The van der Waals surface area contributed by atoms with Crippen LogP contribution in [-0.2, 0) is 9.59 Å². The van der Waals surface area contributed by atoms with Crippen molar-refractivity contribution in [2.75, 3.05) is 26.2 Å². The number of carbonyl (C=O) groups excluding carboxylic acids is 2. The summed E-state index contributed by atoms with van der Waals surface area (Å²) in [7, 11) is 0. The molecule has 0 rings (SSSR count). The average molecular weight is 1140 g/mol. The van der Waals surface area contributed by atoms with E-state index in [9.17, 15) is 19.8 Å². The van der Waals surface area contributed by atoms with Crippen LogP contribution in [0.15, 0.2) is 0 Å². The van der Waals surface area contributed by atoms with Gasteiger partial charge in [-0.3, -0.25) is 0 Å². The second kappa shape index (κ2) is 72.4. The third-order valence-electron chi connectivity index (χ3n) is 17.4. The van der Waals surface area contributed by atoms with Gasteiger partial charge in [0, 0.05) is 24.0 Å². The first-order chi connectivity index (χ1) is 38.2. The summed E-state index contributed by atoms with van der Waals surface area (Å²) < 4.78 is 0. The van der Waals surface area contributed by atoms with Gasteiger partial charge in [-0.25, -0.2) is 0 Å². The molecule has 2 atom stereocenters. The van der Waals surface area contributed by atoms with Gasteiger partial charge in [-0.1, -0.05) is 336 Å². The van der Waals surface area contributed by atoms with E-state index in [4.69, 9.17) is 0 Å². The van der Waals surface area contributed by atoms with Gasteiger partial charge >= 0.3 is 37.7 Å². The van der Waals surface area contributed by atoms with Crippen molar-refractivity contribution in [2.45, 2.75) is 426 Å². The van der Waals surface area contributed by atoms with Crippen molar-refractivity contribution in [3.63, 3.8) is 0 Å². The van der Waals surface area contributed by atoms with E-state index in [2.05, 4.69) is 51.3 Å². The number of carboxylic acid groups (broad SMARTS) is 2. The van der Waals surface area contributed by atoms with Crippen LogP contribution in [0.25, 0.3) is 0 Å². The maximum atomic E-state index is 10.8. The van der Waals surface area contributed by atoms with Crippen LogP contribution < -0.4 is 10.2 Å². The summed E-state index contributed by atoms with van der Waals surface area (Å²) in [6.07, 6.45) is 76.6. The van der Waals surface area contributed by atoms with Gasteiger partial charge in [-0.15, -0.1) is 0 Å². The molecule has 0 spiro atoms. The maximum Gasteiger partial charge on any atom is 2.00 e. The van der Waals surface area contributed by atoms with E-state index in [1.54, 1.807) is 0 Å². The summed E-state index contributed by atoms with van der Waals surface area (Å²) in [5, 5.41) is 21.7. The zero-order chi connectivity index (χ0) is 57.3. The van der Waals surface area contributed by atoms with Crippen molar-refractivity contribution in [3.05, 3.63) is 0 Å². The van der Waals surface area contributed by atoms with Crippen molar-refractivity contribution in [2.24, 2.45) is 0 Å². The molecule has 6 nitrogen and oxygen atoms in total. The van der Waals surface area contributed by atoms with Gasteiger partial charge in [0.05, 0.1) is 0 Å². The molecule has 2 unspecified atom stereocenters. The van der Waals surface area contributed by atoms with Gasteiger partial charge in [0.25, 0.3) is 0 Å². The maximum absolute atomic E-state index is 10.8. The van der Waals surface area contributed by atoms with E-state index in [1.165, 1.54) is 360 Å². The number of hydrogen-bond donors (Lipinski definition) is 0. The number of carboxylic acids is 2. The number of rotatable bonds is 66. The first-order valence-electron chi connectivity index (χ1n) is 36.1. The first kappa shape index (κ1) is 83.3. The Morgan fingerprint density at radius 1 is 0.253 bits per heavy atom. The Morgan fingerprint density at radius 2 is 0.392 bits per heavy atom. The van der Waals surface area contributed by atoms with Crippen LogP contribution in [0.1, 0.15) is 414 Å². The Bertz CT molecular complexity index is 995. The number of carbonyl (C=O) groups is 2. The molecule has 468 valence electrons. The van der Waals surface area contributed by atoms with Crippen LogP contribution in [0.3, 0.4) is 0 Å². The molecule has 0 aromatic carbocycles. The number of hydrogen-bond acceptors (Lipinski definition) is 6. The van der Waals surface area contributed by atoms with E-state index in [0.29, 0.717) is 12.1 Å². The van der Waals surface area contributed by atoms with Gasteiger partial charge in [-0.2, -0.15) is 0 Å². The third-order valence-corrected chi connectivity index (χ3v) is 17.4. The molecule has 7 heteroatoms. The van der Waals surface area contributed by atoms with Gasteiger partial charge in [0.2, 0.25) is 0 Å². The number of unbranched alkanes of at least 4 members (excludes halogenated alkanes) is 48. The fourth-order valence-corrected chi connectivity index (χ4v) is 11.9.